The van der Waals surface area contributed by atoms with Crippen molar-refractivity contribution < 1.29 is 14.4 Å². The van der Waals surface area contributed by atoms with E-state index < -0.39 is 5.60 Å². The van der Waals surface area contributed by atoms with Crippen LogP contribution in [0.4, 0.5) is 0 Å². The fourth-order valence-electron chi connectivity index (χ4n) is 3.63. The molecule has 0 aliphatic carbocycles. The minimum atomic E-state index is -0.715. The van der Waals surface area contributed by atoms with Gasteiger partial charge in [-0.3, -0.25) is 0 Å². The van der Waals surface area contributed by atoms with E-state index >= 15 is 0 Å². The molecule has 3 N–H and O–H groups in total. The maximum absolute atomic E-state index is 10.9. The van der Waals surface area contributed by atoms with Crippen molar-refractivity contribution in [2.75, 3.05) is 26.7 Å². The van der Waals surface area contributed by atoms with Gasteiger partial charge in [0.25, 0.3) is 0 Å². The first-order valence-electron chi connectivity index (χ1n) is 9.91. The molecule has 6 heteroatoms. The summed E-state index contributed by atoms with van der Waals surface area (Å²) in [6, 6.07) is 8.21. The quantitative estimate of drug-likeness (QED) is 0.694. The summed E-state index contributed by atoms with van der Waals surface area (Å²) in [5.41, 5.74) is 1.71. The highest BCUT2D eigenvalue weighted by Gasteiger charge is 2.52. The Hall–Kier alpha value is -1.18. The average Bonchev–Trinajstić information content (AvgIpc) is 2.83. The van der Waals surface area contributed by atoms with Gasteiger partial charge in [0.1, 0.15) is 0 Å². The van der Waals surface area contributed by atoms with Crippen molar-refractivity contribution >= 4 is 13.2 Å². The number of piperidine rings is 1. The maximum Gasteiger partial charge on any atom is 0.491 e. The topological polar surface area (TPSA) is 62.8 Å². The third kappa shape index (κ3) is 4.30. The van der Waals surface area contributed by atoms with Gasteiger partial charge >= 0.3 is 7.12 Å². The molecule has 0 atom stereocenters. The van der Waals surface area contributed by atoms with E-state index in [1.807, 2.05) is 19.2 Å². The van der Waals surface area contributed by atoms with Gasteiger partial charge in [-0.25, -0.2) is 0 Å². The molecule has 1 aromatic rings. The molecule has 0 amide bonds. The smallest absolute Gasteiger partial charge is 0.400 e. The van der Waals surface area contributed by atoms with Crippen molar-refractivity contribution in [3.63, 3.8) is 0 Å². The lowest BCUT2D eigenvalue weighted by atomic mass is 9.76. The molecule has 1 aromatic carbocycles. The fraction of sp³-hybridized carbons (Fsp3) is 0.619. The summed E-state index contributed by atoms with van der Waals surface area (Å²) in [5.74, 6) is 0. The van der Waals surface area contributed by atoms with Gasteiger partial charge in [0.05, 0.1) is 16.8 Å². The Kier molecular flexibility index (Phi) is 5.85. The van der Waals surface area contributed by atoms with Gasteiger partial charge in [0.15, 0.2) is 0 Å². The van der Waals surface area contributed by atoms with E-state index in [0.717, 1.165) is 42.5 Å². The largest absolute Gasteiger partial charge is 0.491 e. The van der Waals surface area contributed by atoms with Crippen LogP contribution in [0.5, 0.6) is 0 Å². The van der Waals surface area contributed by atoms with Crippen LogP contribution in [0, 0.1) is 0 Å². The molecular formula is C21H33BN2O3. The summed E-state index contributed by atoms with van der Waals surface area (Å²) < 4.78 is 12.4. The number of hydrogen-bond donors (Lipinski definition) is 3. The van der Waals surface area contributed by atoms with Gasteiger partial charge in [0.2, 0.25) is 0 Å². The number of likely N-dealkylation sites (N-methyl/N-ethyl adjacent to an activating group) is 1. The molecule has 0 radical (unpaired) electrons. The SMILES string of the molecule is CNCC(=Cc1ccc(C2(O)CCNCC2)cc1)B1OC(C)(C)C(C)(C)O1. The molecule has 0 unspecified atom stereocenters. The maximum atomic E-state index is 10.9. The zero-order valence-electron chi connectivity index (χ0n) is 17.3. The highest BCUT2D eigenvalue weighted by atomic mass is 16.7. The van der Waals surface area contributed by atoms with Gasteiger partial charge in [-0.05, 0) is 77.3 Å². The molecule has 3 rings (SSSR count). The molecule has 2 saturated heterocycles. The van der Waals surface area contributed by atoms with Crippen LogP contribution >= 0.6 is 0 Å². The second-order valence-electron chi connectivity index (χ2n) is 8.74. The van der Waals surface area contributed by atoms with Crippen molar-refractivity contribution in [2.45, 2.75) is 57.3 Å². The van der Waals surface area contributed by atoms with E-state index in [2.05, 4.69) is 56.5 Å². The fourth-order valence-corrected chi connectivity index (χ4v) is 3.63. The van der Waals surface area contributed by atoms with Gasteiger partial charge in [-0.1, -0.05) is 30.3 Å². The van der Waals surface area contributed by atoms with E-state index in [1.165, 1.54) is 0 Å². The molecule has 2 aliphatic rings. The standard InChI is InChI=1S/C21H33BN2O3/c1-19(2)20(3,4)27-22(26-19)18(15-23-5)14-16-6-8-17(9-7-16)21(25)10-12-24-13-11-21/h6-9,14,23-25H,10-13,15H2,1-5H3. The second kappa shape index (κ2) is 7.68. The van der Waals surface area contributed by atoms with E-state index in [-0.39, 0.29) is 18.3 Å². The van der Waals surface area contributed by atoms with Crippen LogP contribution in [-0.2, 0) is 14.9 Å². The van der Waals surface area contributed by atoms with Crippen molar-refractivity contribution in [3.8, 4) is 0 Å². The molecule has 27 heavy (non-hydrogen) atoms. The number of nitrogens with one attached hydrogen (secondary N) is 2. The Morgan fingerprint density at radius 1 is 1.11 bits per heavy atom. The molecule has 148 valence electrons. The third-order valence-corrected chi connectivity index (χ3v) is 6.17. The number of rotatable bonds is 5. The lowest BCUT2D eigenvalue weighted by Crippen LogP contribution is -2.41. The Balaban J connectivity index is 1.80. The number of aliphatic hydroxyl groups is 1. The van der Waals surface area contributed by atoms with Crippen LogP contribution in [0.3, 0.4) is 0 Å². The summed E-state index contributed by atoms with van der Waals surface area (Å²) >= 11 is 0. The molecule has 0 aromatic heterocycles. The minimum Gasteiger partial charge on any atom is -0.400 e. The highest BCUT2D eigenvalue weighted by Crippen LogP contribution is 2.39. The van der Waals surface area contributed by atoms with Crippen LogP contribution in [0.25, 0.3) is 6.08 Å². The van der Waals surface area contributed by atoms with Crippen molar-refractivity contribution in [3.05, 3.63) is 40.9 Å². The van der Waals surface area contributed by atoms with Crippen molar-refractivity contribution in [1.29, 1.82) is 0 Å². The summed E-state index contributed by atoms with van der Waals surface area (Å²) in [5, 5.41) is 17.4. The minimum absolute atomic E-state index is 0.355. The first-order chi connectivity index (χ1) is 12.7. The van der Waals surface area contributed by atoms with Crippen LogP contribution in [-0.4, -0.2) is 50.1 Å². The monoisotopic (exact) mass is 372 g/mol. The van der Waals surface area contributed by atoms with E-state index in [4.69, 9.17) is 9.31 Å². The van der Waals surface area contributed by atoms with Crippen molar-refractivity contribution in [1.82, 2.24) is 10.6 Å². The normalized spacial score (nSPS) is 24.2. The zero-order chi connectivity index (χ0) is 19.7. The van der Waals surface area contributed by atoms with Gasteiger partial charge in [-0.15, -0.1) is 0 Å². The molecule has 2 aliphatic heterocycles. The molecule has 0 spiro atoms. The predicted molar refractivity (Wildman–Crippen MR) is 110 cm³/mol. The summed E-state index contributed by atoms with van der Waals surface area (Å²) in [6.45, 7) is 10.7. The van der Waals surface area contributed by atoms with E-state index in [1.54, 1.807) is 0 Å². The number of hydrogen-bond acceptors (Lipinski definition) is 5. The van der Waals surface area contributed by atoms with Gasteiger partial charge < -0.3 is 25.0 Å². The van der Waals surface area contributed by atoms with Crippen LogP contribution < -0.4 is 10.6 Å². The Labute approximate surface area is 163 Å². The summed E-state index contributed by atoms with van der Waals surface area (Å²) in [4.78, 5) is 0. The summed E-state index contributed by atoms with van der Waals surface area (Å²) in [7, 11) is 1.56. The third-order valence-electron chi connectivity index (χ3n) is 6.17. The molecule has 5 nitrogen and oxygen atoms in total. The zero-order valence-corrected chi connectivity index (χ0v) is 17.3. The second-order valence-corrected chi connectivity index (χ2v) is 8.74. The first kappa shape index (κ1) is 20.6. The highest BCUT2D eigenvalue weighted by molar-refractivity contribution is 6.55. The average molecular weight is 372 g/mol. The van der Waals surface area contributed by atoms with Crippen LogP contribution in [0.2, 0.25) is 0 Å². The molecule has 0 saturated carbocycles. The Bertz CT molecular complexity index is 663. The lowest BCUT2D eigenvalue weighted by Gasteiger charge is -2.33. The van der Waals surface area contributed by atoms with Gasteiger partial charge in [-0.2, -0.15) is 0 Å². The molecule has 2 heterocycles. The Morgan fingerprint density at radius 2 is 1.67 bits per heavy atom. The van der Waals surface area contributed by atoms with Crippen molar-refractivity contribution in [2.24, 2.45) is 0 Å². The Morgan fingerprint density at radius 3 is 2.19 bits per heavy atom. The predicted octanol–water partition coefficient (Wildman–Crippen LogP) is 2.49. The molecular weight excluding hydrogens is 339 g/mol. The van der Waals surface area contributed by atoms with E-state index in [0.29, 0.717) is 6.54 Å². The first-order valence-corrected chi connectivity index (χ1v) is 9.91. The lowest BCUT2D eigenvalue weighted by molar-refractivity contribution is 0.00578. The van der Waals surface area contributed by atoms with E-state index in [9.17, 15) is 5.11 Å². The molecule has 0 bridgehead atoms. The number of benzene rings is 1. The summed E-state index contributed by atoms with van der Waals surface area (Å²) in [6.07, 6.45) is 3.62. The molecule has 2 fully saturated rings. The van der Waals surface area contributed by atoms with Crippen LogP contribution in [0.1, 0.15) is 51.7 Å². The van der Waals surface area contributed by atoms with Gasteiger partial charge in [0, 0.05) is 6.54 Å². The van der Waals surface area contributed by atoms with Crippen LogP contribution in [0.15, 0.2) is 29.7 Å².